The largest absolute Gasteiger partial charge is 0.491 e. The fourth-order valence-electron chi connectivity index (χ4n) is 1.99. The first-order valence-electron chi connectivity index (χ1n) is 7.29. The molecule has 2 rings (SSSR count). The number of hydrogen-bond acceptors (Lipinski definition) is 4. The van der Waals surface area contributed by atoms with Crippen molar-refractivity contribution in [3.8, 4) is 5.75 Å². The molecule has 0 aliphatic carbocycles. The minimum Gasteiger partial charge on any atom is -0.491 e. The molecule has 0 radical (unpaired) electrons. The zero-order valence-electron chi connectivity index (χ0n) is 12.8. The maximum atomic E-state index is 5.82. The average Bonchev–Trinajstić information content (AvgIpc) is 2.41. The van der Waals surface area contributed by atoms with E-state index in [1.165, 1.54) is 0 Å². The molecule has 1 unspecified atom stereocenters. The second-order valence-corrected chi connectivity index (χ2v) is 5.73. The summed E-state index contributed by atoms with van der Waals surface area (Å²) in [6.07, 6.45) is 1.23. The number of anilines is 1. The minimum atomic E-state index is -0.473. The minimum absolute atomic E-state index is 0.168. The molecule has 1 aromatic carbocycles. The Morgan fingerprint density at radius 1 is 1.35 bits per heavy atom. The van der Waals surface area contributed by atoms with E-state index in [2.05, 4.69) is 19.2 Å². The zero-order valence-corrected chi connectivity index (χ0v) is 12.8. The zero-order chi connectivity index (χ0) is 14.6. The van der Waals surface area contributed by atoms with Gasteiger partial charge in [-0.15, -0.1) is 0 Å². The van der Waals surface area contributed by atoms with Crippen LogP contribution in [0.1, 0.15) is 34.1 Å². The summed E-state index contributed by atoms with van der Waals surface area (Å²) in [6.45, 7) is 9.34. The Kier molecular flexibility index (Phi) is 4.89. The Labute approximate surface area is 121 Å². The van der Waals surface area contributed by atoms with Crippen molar-refractivity contribution >= 4 is 5.69 Å². The third-order valence-corrected chi connectivity index (χ3v) is 3.38. The molecule has 0 amide bonds. The Morgan fingerprint density at radius 3 is 2.70 bits per heavy atom. The molecule has 1 atom stereocenters. The summed E-state index contributed by atoms with van der Waals surface area (Å²) in [5.74, 6) is 0.419. The summed E-state index contributed by atoms with van der Waals surface area (Å²) < 4.78 is 17.1. The van der Waals surface area contributed by atoms with Gasteiger partial charge in [-0.05, 0) is 39.3 Å². The van der Waals surface area contributed by atoms with Crippen molar-refractivity contribution in [1.29, 1.82) is 0 Å². The number of benzene rings is 1. The second kappa shape index (κ2) is 6.46. The Bertz CT molecular complexity index is 423. The normalized spacial score (nSPS) is 20.4. The van der Waals surface area contributed by atoms with E-state index in [9.17, 15) is 0 Å². The fraction of sp³-hybridized carbons (Fsp3) is 0.625. The summed E-state index contributed by atoms with van der Waals surface area (Å²) in [5.41, 5.74) is 1.03. The molecule has 0 bridgehead atoms. The van der Waals surface area contributed by atoms with Gasteiger partial charge in [0.1, 0.15) is 5.75 Å². The van der Waals surface area contributed by atoms with E-state index in [0.29, 0.717) is 13.2 Å². The number of hydrogen-bond donors (Lipinski definition) is 1. The molecular weight excluding hydrogens is 254 g/mol. The van der Waals surface area contributed by atoms with Gasteiger partial charge >= 0.3 is 0 Å². The van der Waals surface area contributed by atoms with Gasteiger partial charge in [-0.3, -0.25) is 0 Å². The van der Waals surface area contributed by atoms with Crippen molar-refractivity contribution in [3.05, 3.63) is 24.3 Å². The van der Waals surface area contributed by atoms with Crippen LogP contribution >= 0.6 is 0 Å². The molecule has 1 heterocycles. The van der Waals surface area contributed by atoms with Crippen LogP contribution in [0.5, 0.6) is 5.75 Å². The van der Waals surface area contributed by atoms with Crippen LogP contribution in [0.25, 0.3) is 0 Å². The van der Waals surface area contributed by atoms with Gasteiger partial charge in [0.2, 0.25) is 0 Å². The van der Waals surface area contributed by atoms with E-state index in [1.54, 1.807) is 0 Å². The Morgan fingerprint density at radius 2 is 2.05 bits per heavy atom. The van der Waals surface area contributed by atoms with Gasteiger partial charge in [0.25, 0.3) is 0 Å². The van der Waals surface area contributed by atoms with Crippen molar-refractivity contribution < 1.29 is 14.2 Å². The molecule has 112 valence electrons. The predicted octanol–water partition coefficient (Wildman–Crippen LogP) is 3.43. The van der Waals surface area contributed by atoms with Gasteiger partial charge in [-0.1, -0.05) is 13.0 Å². The van der Waals surface area contributed by atoms with Gasteiger partial charge in [-0.2, -0.15) is 0 Å². The third kappa shape index (κ3) is 4.39. The SMILES string of the molecule is CCC(C)Oc1cccc(NC2COC(C)(C)OC2)c1. The molecule has 0 saturated carbocycles. The molecule has 1 aromatic rings. The van der Waals surface area contributed by atoms with E-state index < -0.39 is 5.79 Å². The number of ether oxygens (including phenoxy) is 3. The van der Waals surface area contributed by atoms with Crippen LogP contribution in [0.3, 0.4) is 0 Å². The van der Waals surface area contributed by atoms with Gasteiger partial charge in [0.05, 0.1) is 25.4 Å². The highest BCUT2D eigenvalue weighted by Crippen LogP contribution is 2.22. The number of rotatable bonds is 5. The van der Waals surface area contributed by atoms with Crippen LogP contribution in [0.4, 0.5) is 5.69 Å². The summed E-state index contributed by atoms with van der Waals surface area (Å²) in [6, 6.07) is 8.19. The Hall–Kier alpha value is -1.26. The van der Waals surface area contributed by atoms with Crippen LogP contribution in [-0.2, 0) is 9.47 Å². The molecule has 0 spiro atoms. The van der Waals surface area contributed by atoms with Crippen LogP contribution in [-0.4, -0.2) is 31.1 Å². The van der Waals surface area contributed by atoms with Gasteiger partial charge < -0.3 is 19.5 Å². The van der Waals surface area contributed by atoms with Crippen LogP contribution in [0.2, 0.25) is 0 Å². The van der Waals surface area contributed by atoms with Crippen LogP contribution in [0.15, 0.2) is 24.3 Å². The lowest BCUT2D eigenvalue weighted by atomic mass is 10.2. The maximum Gasteiger partial charge on any atom is 0.162 e. The lowest BCUT2D eigenvalue weighted by Crippen LogP contribution is -2.45. The van der Waals surface area contributed by atoms with Crippen LogP contribution in [0, 0.1) is 0 Å². The molecule has 1 fully saturated rings. The first-order chi connectivity index (χ1) is 9.48. The first kappa shape index (κ1) is 15.1. The average molecular weight is 279 g/mol. The van der Waals surface area contributed by atoms with E-state index in [1.807, 2.05) is 38.1 Å². The molecule has 1 aliphatic rings. The molecule has 4 nitrogen and oxygen atoms in total. The summed E-state index contributed by atoms with van der Waals surface area (Å²) >= 11 is 0. The van der Waals surface area contributed by atoms with Crippen LogP contribution < -0.4 is 10.1 Å². The van der Waals surface area contributed by atoms with Crippen molar-refractivity contribution in [1.82, 2.24) is 0 Å². The van der Waals surface area contributed by atoms with Crippen molar-refractivity contribution in [2.24, 2.45) is 0 Å². The highest BCUT2D eigenvalue weighted by Gasteiger charge is 2.28. The second-order valence-electron chi connectivity index (χ2n) is 5.73. The first-order valence-corrected chi connectivity index (χ1v) is 7.29. The van der Waals surface area contributed by atoms with Crippen molar-refractivity contribution in [2.75, 3.05) is 18.5 Å². The topological polar surface area (TPSA) is 39.7 Å². The molecule has 20 heavy (non-hydrogen) atoms. The third-order valence-electron chi connectivity index (χ3n) is 3.38. The standard InChI is InChI=1S/C16H25NO3/c1-5-12(2)20-15-8-6-7-13(9-15)17-14-10-18-16(3,4)19-11-14/h6-9,12,14,17H,5,10-11H2,1-4H3. The predicted molar refractivity (Wildman–Crippen MR) is 80.2 cm³/mol. The molecule has 1 aliphatic heterocycles. The highest BCUT2D eigenvalue weighted by atomic mass is 16.7. The van der Waals surface area contributed by atoms with E-state index in [4.69, 9.17) is 14.2 Å². The number of nitrogens with one attached hydrogen (secondary N) is 1. The Balaban J connectivity index is 1.91. The lowest BCUT2D eigenvalue weighted by Gasteiger charge is -2.35. The highest BCUT2D eigenvalue weighted by molar-refractivity contribution is 5.49. The van der Waals surface area contributed by atoms with Gasteiger partial charge in [0.15, 0.2) is 5.79 Å². The van der Waals surface area contributed by atoms with E-state index in [0.717, 1.165) is 17.9 Å². The summed E-state index contributed by atoms with van der Waals surface area (Å²) in [7, 11) is 0. The molecule has 1 saturated heterocycles. The van der Waals surface area contributed by atoms with Gasteiger partial charge in [0, 0.05) is 11.8 Å². The molecule has 4 heteroatoms. The summed E-state index contributed by atoms with van der Waals surface area (Å²) in [4.78, 5) is 0. The lowest BCUT2D eigenvalue weighted by molar-refractivity contribution is -0.247. The van der Waals surface area contributed by atoms with Crippen molar-refractivity contribution in [3.63, 3.8) is 0 Å². The summed E-state index contributed by atoms with van der Waals surface area (Å²) in [5, 5.41) is 3.42. The van der Waals surface area contributed by atoms with E-state index >= 15 is 0 Å². The van der Waals surface area contributed by atoms with Crippen molar-refractivity contribution in [2.45, 2.75) is 52.0 Å². The van der Waals surface area contributed by atoms with Gasteiger partial charge in [-0.25, -0.2) is 0 Å². The smallest absolute Gasteiger partial charge is 0.162 e. The van der Waals surface area contributed by atoms with E-state index in [-0.39, 0.29) is 12.1 Å². The molecular formula is C16H25NO3. The quantitative estimate of drug-likeness (QED) is 0.896. The molecule has 0 aromatic heterocycles. The molecule has 1 N–H and O–H groups in total. The monoisotopic (exact) mass is 279 g/mol. The fourth-order valence-corrected chi connectivity index (χ4v) is 1.99. The maximum absolute atomic E-state index is 5.82.